The fourth-order valence-corrected chi connectivity index (χ4v) is 1.93. The smallest absolute Gasteiger partial charge is 0.245 e. The number of amides is 2. The molecule has 1 aliphatic rings. The molecule has 1 rings (SSSR count). The van der Waals surface area contributed by atoms with Crippen molar-refractivity contribution in [1.29, 1.82) is 5.26 Å². The molecule has 106 valence electrons. The first kappa shape index (κ1) is 15.4. The van der Waals surface area contributed by atoms with Gasteiger partial charge in [0.15, 0.2) is 0 Å². The Morgan fingerprint density at radius 2 is 1.84 bits per heavy atom. The molecule has 2 atom stereocenters. The number of ether oxygens (including phenoxy) is 1. The van der Waals surface area contributed by atoms with Gasteiger partial charge in [0.05, 0.1) is 19.3 Å². The minimum atomic E-state index is -0.722. The predicted octanol–water partition coefficient (Wildman–Crippen LogP) is 0.146. The van der Waals surface area contributed by atoms with Crippen molar-refractivity contribution in [2.45, 2.75) is 26.8 Å². The summed E-state index contributed by atoms with van der Waals surface area (Å²) in [6.07, 6.45) is 0. The number of carbonyl (C=O) groups is 2. The Balaban J connectivity index is 2.53. The first-order valence-electron chi connectivity index (χ1n) is 6.54. The highest BCUT2D eigenvalue weighted by Crippen LogP contribution is 2.10. The van der Waals surface area contributed by atoms with Gasteiger partial charge >= 0.3 is 0 Å². The normalized spacial score (nSPS) is 18.6. The lowest BCUT2D eigenvalue weighted by Gasteiger charge is -2.29. The van der Waals surface area contributed by atoms with E-state index >= 15 is 0 Å². The zero-order valence-corrected chi connectivity index (χ0v) is 11.7. The van der Waals surface area contributed by atoms with Crippen molar-refractivity contribution in [3.8, 4) is 6.07 Å². The number of nitrogens with one attached hydrogen (secondary N) is 1. The van der Waals surface area contributed by atoms with Gasteiger partial charge in [-0.25, -0.2) is 0 Å². The molecule has 1 aliphatic heterocycles. The van der Waals surface area contributed by atoms with Crippen molar-refractivity contribution in [2.75, 3.05) is 26.3 Å². The standard InChI is InChI=1S/C13H21N3O3/c1-9(2)11(8-14)12(17)15-10(3)13(18)16-4-6-19-7-5-16/h9-11H,4-7H2,1-3H3,(H,15,17). The monoisotopic (exact) mass is 267 g/mol. The second kappa shape index (κ2) is 7.10. The molecule has 2 amide bonds. The number of hydrogen-bond donors (Lipinski definition) is 1. The Hall–Kier alpha value is -1.61. The fraction of sp³-hybridized carbons (Fsp3) is 0.769. The van der Waals surface area contributed by atoms with Gasteiger partial charge in [-0.2, -0.15) is 5.26 Å². The van der Waals surface area contributed by atoms with Crippen LogP contribution in [0.2, 0.25) is 0 Å². The highest BCUT2D eigenvalue weighted by molar-refractivity contribution is 5.89. The molecule has 1 N–H and O–H groups in total. The maximum absolute atomic E-state index is 12.1. The van der Waals surface area contributed by atoms with Gasteiger partial charge in [0.25, 0.3) is 0 Å². The molecule has 1 heterocycles. The van der Waals surface area contributed by atoms with E-state index in [1.54, 1.807) is 11.8 Å². The molecule has 0 bridgehead atoms. The minimum absolute atomic E-state index is 0.0734. The lowest BCUT2D eigenvalue weighted by Crippen LogP contribution is -2.51. The van der Waals surface area contributed by atoms with E-state index in [1.165, 1.54) is 0 Å². The Morgan fingerprint density at radius 3 is 2.32 bits per heavy atom. The zero-order chi connectivity index (χ0) is 14.4. The molecular weight excluding hydrogens is 246 g/mol. The first-order valence-corrected chi connectivity index (χ1v) is 6.54. The number of rotatable bonds is 4. The summed E-state index contributed by atoms with van der Waals surface area (Å²) in [6.45, 7) is 7.41. The van der Waals surface area contributed by atoms with Gasteiger partial charge in [-0.15, -0.1) is 0 Å². The van der Waals surface area contributed by atoms with Crippen LogP contribution in [0.1, 0.15) is 20.8 Å². The van der Waals surface area contributed by atoms with Gasteiger partial charge in [-0.05, 0) is 12.8 Å². The van der Waals surface area contributed by atoms with Crippen molar-refractivity contribution in [3.05, 3.63) is 0 Å². The summed E-state index contributed by atoms with van der Waals surface area (Å²) < 4.78 is 5.17. The van der Waals surface area contributed by atoms with Crippen LogP contribution in [0, 0.1) is 23.2 Å². The van der Waals surface area contributed by atoms with Gasteiger partial charge in [0.1, 0.15) is 12.0 Å². The summed E-state index contributed by atoms with van der Waals surface area (Å²) >= 11 is 0. The highest BCUT2D eigenvalue weighted by atomic mass is 16.5. The third-order valence-corrected chi connectivity index (χ3v) is 3.14. The fourth-order valence-electron chi connectivity index (χ4n) is 1.93. The average Bonchev–Trinajstić information content (AvgIpc) is 2.39. The summed E-state index contributed by atoms with van der Waals surface area (Å²) in [5.74, 6) is -1.31. The number of carbonyl (C=O) groups excluding carboxylic acids is 2. The highest BCUT2D eigenvalue weighted by Gasteiger charge is 2.27. The van der Waals surface area contributed by atoms with Crippen LogP contribution in [-0.4, -0.2) is 49.1 Å². The van der Waals surface area contributed by atoms with Crippen LogP contribution in [0.3, 0.4) is 0 Å². The minimum Gasteiger partial charge on any atom is -0.378 e. The quantitative estimate of drug-likeness (QED) is 0.785. The van der Waals surface area contributed by atoms with Crippen molar-refractivity contribution in [3.63, 3.8) is 0 Å². The summed E-state index contributed by atoms with van der Waals surface area (Å²) in [4.78, 5) is 25.6. The topological polar surface area (TPSA) is 82.4 Å². The maximum Gasteiger partial charge on any atom is 0.245 e. The largest absolute Gasteiger partial charge is 0.378 e. The molecule has 0 aromatic carbocycles. The van der Waals surface area contributed by atoms with Crippen LogP contribution in [0.5, 0.6) is 0 Å². The van der Waals surface area contributed by atoms with Gasteiger partial charge in [0, 0.05) is 13.1 Å². The first-order chi connectivity index (χ1) is 8.97. The van der Waals surface area contributed by atoms with E-state index in [-0.39, 0.29) is 17.7 Å². The second-order valence-electron chi connectivity index (χ2n) is 5.02. The summed E-state index contributed by atoms with van der Waals surface area (Å²) in [6, 6.07) is 1.36. The number of nitriles is 1. The van der Waals surface area contributed by atoms with Crippen LogP contribution < -0.4 is 5.32 Å². The molecular formula is C13H21N3O3. The Kier molecular flexibility index (Phi) is 5.77. The lowest BCUT2D eigenvalue weighted by molar-refractivity contribution is -0.140. The third kappa shape index (κ3) is 4.21. The van der Waals surface area contributed by atoms with Crippen LogP contribution in [0.25, 0.3) is 0 Å². The van der Waals surface area contributed by atoms with Crippen molar-refractivity contribution >= 4 is 11.8 Å². The van der Waals surface area contributed by atoms with E-state index in [9.17, 15) is 9.59 Å². The van der Waals surface area contributed by atoms with E-state index in [0.29, 0.717) is 26.3 Å². The Bertz CT molecular complexity index is 370. The number of hydrogen-bond acceptors (Lipinski definition) is 4. The van der Waals surface area contributed by atoms with E-state index in [4.69, 9.17) is 10.00 Å². The SMILES string of the molecule is CC(NC(=O)C(C#N)C(C)C)C(=O)N1CCOCC1. The summed E-state index contributed by atoms with van der Waals surface area (Å²) in [5, 5.41) is 11.6. The maximum atomic E-state index is 12.1. The second-order valence-corrected chi connectivity index (χ2v) is 5.02. The van der Waals surface area contributed by atoms with Crippen molar-refractivity contribution in [2.24, 2.45) is 11.8 Å². The molecule has 2 unspecified atom stereocenters. The number of nitrogens with zero attached hydrogens (tertiary/aromatic N) is 2. The molecule has 0 aromatic rings. The van der Waals surface area contributed by atoms with Gasteiger partial charge in [-0.3, -0.25) is 9.59 Å². The van der Waals surface area contributed by atoms with Crippen LogP contribution in [0.4, 0.5) is 0 Å². The zero-order valence-electron chi connectivity index (χ0n) is 11.7. The van der Waals surface area contributed by atoms with Crippen molar-refractivity contribution in [1.82, 2.24) is 10.2 Å². The summed E-state index contributed by atoms with van der Waals surface area (Å²) in [5.41, 5.74) is 0. The predicted molar refractivity (Wildman–Crippen MR) is 68.9 cm³/mol. The van der Waals surface area contributed by atoms with Crippen molar-refractivity contribution < 1.29 is 14.3 Å². The van der Waals surface area contributed by atoms with Crippen LogP contribution >= 0.6 is 0 Å². The molecule has 0 radical (unpaired) electrons. The van der Waals surface area contributed by atoms with E-state index in [2.05, 4.69) is 5.32 Å². The van der Waals surface area contributed by atoms with E-state index < -0.39 is 12.0 Å². The molecule has 0 aromatic heterocycles. The molecule has 0 saturated carbocycles. The van der Waals surface area contributed by atoms with Gasteiger partial charge < -0.3 is 15.0 Å². The average molecular weight is 267 g/mol. The third-order valence-electron chi connectivity index (χ3n) is 3.14. The molecule has 6 heteroatoms. The van der Waals surface area contributed by atoms with Gasteiger partial charge in [-0.1, -0.05) is 13.8 Å². The number of morpholine rings is 1. The van der Waals surface area contributed by atoms with Crippen LogP contribution in [0.15, 0.2) is 0 Å². The molecule has 19 heavy (non-hydrogen) atoms. The molecule has 1 saturated heterocycles. The van der Waals surface area contributed by atoms with Gasteiger partial charge in [0.2, 0.25) is 11.8 Å². The molecule has 1 fully saturated rings. The Labute approximate surface area is 113 Å². The molecule has 6 nitrogen and oxygen atoms in total. The molecule has 0 spiro atoms. The van der Waals surface area contributed by atoms with Crippen LogP contribution in [-0.2, 0) is 14.3 Å². The lowest BCUT2D eigenvalue weighted by atomic mass is 9.96. The summed E-state index contributed by atoms with van der Waals surface area (Å²) in [7, 11) is 0. The van der Waals surface area contributed by atoms with E-state index in [1.807, 2.05) is 19.9 Å². The molecule has 0 aliphatic carbocycles. The van der Waals surface area contributed by atoms with E-state index in [0.717, 1.165) is 0 Å². The Morgan fingerprint density at radius 1 is 1.26 bits per heavy atom.